The highest BCUT2D eigenvalue weighted by Gasteiger charge is 2.24. The van der Waals surface area contributed by atoms with E-state index in [4.69, 9.17) is 17.3 Å². The normalized spacial score (nSPS) is 13.8. The summed E-state index contributed by atoms with van der Waals surface area (Å²) in [4.78, 5) is 13.7. The van der Waals surface area contributed by atoms with E-state index in [0.717, 1.165) is 24.8 Å². The number of thiophene rings is 1. The molecule has 0 bridgehead atoms. The number of para-hydroxylation sites is 1. The van der Waals surface area contributed by atoms with Crippen molar-refractivity contribution in [2.24, 2.45) is 0 Å². The second-order valence-electron chi connectivity index (χ2n) is 4.88. The van der Waals surface area contributed by atoms with E-state index in [-0.39, 0.29) is 5.91 Å². The zero-order valence-electron chi connectivity index (χ0n) is 10.9. The molecule has 1 aromatic carbocycles. The van der Waals surface area contributed by atoms with E-state index in [1.807, 2.05) is 12.1 Å². The fraction of sp³-hybridized carbons (Fsp3) is 0.267. The van der Waals surface area contributed by atoms with E-state index in [1.165, 1.54) is 11.3 Å². The number of amides is 1. The fourth-order valence-corrected chi connectivity index (χ4v) is 3.92. The maximum absolute atomic E-state index is 12.5. The molecule has 3 rings (SSSR count). The number of rotatable bonds is 2. The van der Waals surface area contributed by atoms with Gasteiger partial charge < -0.3 is 11.1 Å². The van der Waals surface area contributed by atoms with Crippen molar-refractivity contribution in [3.05, 3.63) is 45.3 Å². The first-order chi connectivity index (χ1) is 9.66. The van der Waals surface area contributed by atoms with Crippen LogP contribution in [0.3, 0.4) is 0 Å². The van der Waals surface area contributed by atoms with Crippen LogP contribution in [0, 0.1) is 0 Å². The van der Waals surface area contributed by atoms with Crippen LogP contribution in [0.15, 0.2) is 24.3 Å². The summed E-state index contributed by atoms with van der Waals surface area (Å²) in [5.74, 6) is -0.157. The molecule has 1 aliphatic rings. The van der Waals surface area contributed by atoms with E-state index in [0.29, 0.717) is 21.3 Å². The Morgan fingerprint density at radius 3 is 2.80 bits per heavy atom. The molecule has 0 fully saturated rings. The average Bonchev–Trinajstić information content (AvgIpc) is 2.77. The van der Waals surface area contributed by atoms with Gasteiger partial charge in [0.05, 0.1) is 21.3 Å². The molecule has 1 amide bonds. The molecule has 5 heteroatoms. The Bertz CT molecular complexity index is 666. The summed E-state index contributed by atoms with van der Waals surface area (Å²) in [6.45, 7) is 0. The van der Waals surface area contributed by atoms with Gasteiger partial charge in [0.25, 0.3) is 5.91 Å². The number of hydrogen-bond acceptors (Lipinski definition) is 3. The van der Waals surface area contributed by atoms with Crippen molar-refractivity contribution in [3.63, 3.8) is 0 Å². The lowest BCUT2D eigenvalue weighted by Crippen LogP contribution is -2.16. The lowest BCUT2D eigenvalue weighted by molar-refractivity contribution is 0.102. The van der Waals surface area contributed by atoms with E-state index in [2.05, 4.69) is 5.32 Å². The first-order valence-corrected chi connectivity index (χ1v) is 7.82. The number of benzene rings is 1. The highest BCUT2D eigenvalue weighted by Crippen LogP contribution is 2.36. The number of carbonyl (C=O) groups excluding carboxylic acids is 1. The van der Waals surface area contributed by atoms with E-state index < -0.39 is 0 Å². The number of hydrogen-bond donors (Lipinski definition) is 2. The molecule has 0 saturated heterocycles. The van der Waals surface area contributed by atoms with Gasteiger partial charge in [0, 0.05) is 4.88 Å². The predicted molar refractivity (Wildman–Crippen MR) is 84.8 cm³/mol. The number of aryl methyl sites for hydroxylation is 1. The molecule has 0 spiro atoms. The van der Waals surface area contributed by atoms with Gasteiger partial charge in [-0.25, -0.2) is 0 Å². The molecule has 0 aliphatic heterocycles. The van der Waals surface area contributed by atoms with Gasteiger partial charge in [-0.1, -0.05) is 23.7 Å². The Balaban J connectivity index is 1.92. The number of anilines is 2. The molecule has 3 N–H and O–H groups in total. The highest BCUT2D eigenvalue weighted by molar-refractivity contribution is 7.16. The maximum atomic E-state index is 12.5. The number of nitrogens with two attached hydrogens (primary N) is 1. The second-order valence-corrected chi connectivity index (χ2v) is 6.43. The first-order valence-electron chi connectivity index (χ1n) is 6.62. The van der Waals surface area contributed by atoms with E-state index in [9.17, 15) is 4.79 Å². The molecule has 1 heterocycles. The number of carbonyl (C=O) groups is 1. The van der Waals surface area contributed by atoms with Gasteiger partial charge in [-0.3, -0.25) is 4.79 Å². The minimum absolute atomic E-state index is 0.157. The van der Waals surface area contributed by atoms with Crippen LogP contribution in [0.25, 0.3) is 0 Å². The summed E-state index contributed by atoms with van der Waals surface area (Å²) in [7, 11) is 0. The third kappa shape index (κ3) is 2.41. The smallest absolute Gasteiger partial charge is 0.258 e. The monoisotopic (exact) mass is 306 g/mol. The van der Waals surface area contributed by atoms with Crippen LogP contribution >= 0.6 is 22.9 Å². The Hall–Kier alpha value is -1.52. The number of fused-ring (bicyclic) bond motifs is 1. The molecule has 0 atom stereocenters. The Morgan fingerprint density at radius 1 is 1.25 bits per heavy atom. The molecule has 20 heavy (non-hydrogen) atoms. The van der Waals surface area contributed by atoms with Gasteiger partial charge in [-0.2, -0.15) is 0 Å². The zero-order valence-corrected chi connectivity index (χ0v) is 12.5. The van der Waals surface area contributed by atoms with E-state index in [1.54, 1.807) is 23.5 Å². The molecule has 2 aromatic rings. The lowest BCUT2D eigenvalue weighted by atomic mass is 9.95. The summed E-state index contributed by atoms with van der Waals surface area (Å²) in [6, 6.07) is 7.21. The number of nitrogen functional groups attached to an aromatic ring is 1. The molecular weight excluding hydrogens is 292 g/mol. The molecule has 0 saturated carbocycles. The summed E-state index contributed by atoms with van der Waals surface area (Å²) >= 11 is 7.61. The van der Waals surface area contributed by atoms with Gasteiger partial charge in [0.2, 0.25) is 0 Å². The molecule has 1 aliphatic carbocycles. The third-order valence-electron chi connectivity index (χ3n) is 3.55. The van der Waals surface area contributed by atoms with Crippen LogP contribution in [-0.2, 0) is 12.8 Å². The molecule has 1 aromatic heterocycles. The van der Waals surface area contributed by atoms with Crippen LogP contribution in [0.4, 0.5) is 10.7 Å². The number of halogens is 1. The highest BCUT2D eigenvalue weighted by atomic mass is 35.5. The molecule has 0 unspecified atom stereocenters. The lowest BCUT2D eigenvalue weighted by Gasteiger charge is -2.13. The SMILES string of the molecule is Nc1sc2c(c1C(=O)Nc1ccccc1Cl)CCCC2. The van der Waals surface area contributed by atoms with Crippen molar-refractivity contribution in [2.45, 2.75) is 25.7 Å². The Labute approximate surface area is 126 Å². The minimum Gasteiger partial charge on any atom is -0.390 e. The fourth-order valence-electron chi connectivity index (χ4n) is 2.58. The van der Waals surface area contributed by atoms with Gasteiger partial charge >= 0.3 is 0 Å². The Kier molecular flexibility index (Phi) is 3.68. The molecule has 3 nitrogen and oxygen atoms in total. The maximum Gasteiger partial charge on any atom is 0.258 e. The van der Waals surface area contributed by atoms with Crippen molar-refractivity contribution in [3.8, 4) is 0 Å². The van der Waals surface area contributed by atoms with Crippen LogP contribution in [0.5, 0.6) is 0 Å². The first kappa shape index (κ1) is 13.5. The van der Waals surface area contributed by atoms with Gasteiger partial charge in [0.1, 0.15) is 0 Å². The van der Waals surface area contributed by atoms with Gasteiger partial charge in [-0.15, -0.1) is 11.3 Å². The van der Waals surface area contributed by atoms with Crippen LogP contribution < -0.4 is 11.1 Å². The summed E-state index contributed by atoms with van der Waals surface area (Å²) in [5, 5.41) is 4.00. The molecule has 0 radical (unpaired) electrons. The number of nitrogens with one attached hydrogen (secondary N) is 1. The minimum atomic E-state index is -0.157. The van der Waals surface area contributed by atoms with Gasteiger partial charge in [0.15, 0.2) is 0 Å². The molecule has 104 valence electrons. The van der Waals surface area contributed by atoms with Crippen molar-refractivity contribution in [1.82, 2.24) is 0 Å². The van der Waals surface area contributed by atoms with Crippen molar-refractivity contribution in [1.29, 1.82) is 0 Å². The van der Waals surface area contributed by atoms with Crippen molar-refractivity contribution < 1.29 is 4.79 Å². The Morgan fingerprint density at radius 2 is 2.00 bits per heavy atom. The summed E-state index contributed by atoms with van der Waals surface area (Å²) in [5.41, 5.74) is 8.43. The summed E-state index contributed by atoms with van der Waals surface area (Å²) in [6.07, 6.45) is 4.27. The second kappa shape index (κ2) is 5.46. The van der Waals surface area contributed by atoms with Crippen molar-refractivity contribution in [2.75, 3.05) is 11.1 Å². The predicted octanol–water partition coefficient (Wildman–Crippen LogP) is 4.11. The van der Waals surface area contributed by atoms with Crippen LogP contribution in [-0.4, -0.2) is 5.91 Å². The molecular formula is C15H15ClN2OS. The van der Waals surface area contributed by atoms with Crippen molar-refractivity contribution >= 4 is 39.5 Å². The topological polar surface area (TPSA) is 55.1 Å². The largest absolute Gasteiger partial charge is 0.390 e. The van der Waals surface area contributed by atoms with Crippen LogP contribution in [0.2, 0.25) is 5.02 Å². The van der Waals surface area contributed by atoms with Crippen LogP contribution in [0.1, 0.15) is 33.6 Å². The zero-order chi connectivity index (χ0) is 14.1. The average molecular weight is 307 g/mol. The standard InChI is InChI=1S/C15H15ClN2OS/c16-10-6-2-3-7-11(10)18-15(19)13-9-5-1-4-8-12(9)20-14(13)17/h2-3,6-7H,1,4-5,8,17H2,(H,18,19). The van der Waals surface area contributed by atoms with E-state index >= 15 is 0 Å². The summed E-state index contributed by atoms with van der Waals surface area (Å²) < 4.78 is 0. The third-order valence-corrected chi connectivity index (χ3v) is 5.00. The quantitative estimate of drug-likeness (QED) is 0.877. The van der Waals surface area contributed by atoms with Gasteiger partial charge in [-0.05, 0) is 43.4 Å².